The van der Waals surface area contributed by atoms with Gasteiger partial charge in [0.25, 0.3) is 0 Å². The van der Waals surface area contributed by atoms with Crippen LogP contribution < -0.4 is 0 Å². The third kappa shape index (κ3) is 4.43. The Morgan fingerprint density at radius 2 is 1.78 bits per heavy atom. The van der Waals surface area contributed by atoms with Gasteiger partial charge in [0.1, 0.15) is 0 Å². The number of allylic oxidation sites excluding steroid dienone is 2. The van der Waals surface area contributed by atoms with Gasteiger partial charge in [-0.05, 0) is 79.2 Å². The van der Waals surface area contributed by atoms with Gasteiger partial charge in [-0.1, -0.05) is 53.5 Å². The van der Waals surface area contributed by atoms with E-state index in [4.69, 9.17) is 0 Å². The van der Waals surface area contributed by atoms with Gasteiger partial charge >= 0.3 is 0 Å². The highest BCUT2D eigenvalue weighted by Gasteiger charge is 2.25. The summed E-state index contributed by atoms with van der Waals surface area (Å²) in [6.07, 6.45) is 10.2. The summed E-state index contributed by atoms with van der Waals surface area (Å²) in [4.78, 5) is 6.13. The van der Waals surface area contributed by atoms with Crippen LogP contribution in [0.25, 0.3) is 15.3 Å². The lowest BCUT2D eigenvalue weighted by Crippen LogP contribution is -2.13. The summed E-state index contributed by atoms with van der Waals surface area (Å²) in [6, 6.07) is 4.96. The molecule has 3 rings (SSSR count). The molecule has 0 spiro atoms. The monoisotopic (exact) mass is 400 g/mol. The fourth-order valence-corrected chi connectivity index (χ4v) is 7.21. The zero-order valence-corrected chi connectivity index (χ0v) is 19.7. The Morgan fingerprint density at radius 1 is 1.07 bits per heavy atom. The molecule has 0 radical (unpaired) electrons. The molecule has 2 heteroatoms. The summed E-state index contributed by atoms with van der Waals surface area (Å²) in [5, 5.41) is 0. The van der Waals surface area contributed by atoms with Gasteiger partial charge in [-0.2, -0.15) is 0 Å². The molecule has 0 N–H and O–H groups in total. The topological polar surface area (TPSA) is 0 Å². The van der Waals surface area contributed by atoms with Crippen molar-refractivity contribution >= 4 is 28.2 Å². The van der Waals surface area contributed by atoms with Crippen molar-refractivity contribution in [1.29, 1.82) is 0 Å². The quantitative estimate of drug-likeness (QED) is 0.454. The third-order valence-corrected chi connectivity index (χ3v) is 8.93. The highest BCUT2D eigenvalue weighted by Crippen LogP contribution is 2.46. The predicted octanol–water partition coefficient (Wildman–Crippen LogP) is 8.95. The summed E-state index contributed by atoms with van der Waals surface area (Å²) >= 11 is 4.08. The number of rotatable bonds is 6. The van der Waals surface area contributed by atoms with Crippen molar-refractivity contribution in [2.75, 3.05) is 0 Å². The summed E-state index contributed by atoms with van der Waals surface area (Å²) in [6.45, 7) is 13.9. The van der Waals surface area contributed by atoms with Gasteiger partial charge in [0.2, 0.25) is 0 Å². The van der Waals surface area contributed by atoms with Crippen LogP contribution in [0.4, 0.5) is 0 Å². The minimum Gasteiger partial charge on any atom is -0.139 e. The molecule has 0 nitrogen and oxygen atoms in total. The van der Waals surface area contributed by atoms with E-state index in [0.717, 1.165) is 24.7 Å². The number of thiophene rings is 2. The molecule has 148 valence electrons. The molecule has 1 aliphatic rings. The fourth-order valence-electron chi connectivity index (χ4n) is 4.42. The Balaban J connectivity index is 2.00. The second-order valence-electron chi connectivity index (χ2n) is 8.52. The first kappa shape index (κ1) is 20.9. The lowest BCUT2D eigenvalue weighted by Gasteiger charge is -2.28. The Labute approximate surface area is 174 Å². The molecule has 0 unspecified atom stereocenters. The Hall–Kier alpha value is -0.860. The SMILES string of the molecule is C/C=C(/c1sc(-c2sc(CC)cc2C(C)C)cc1CC)C1CCC(C)CC1. The molecule has 2 heterocycles. The van der Waals surface area contributed by atoms with Gasteiger partial charge in [-0.15, -0.1) is 22.7 Å². The summed E-state index contributed by atoms with van der Waals surface area (Å²) in [5.41, 5.74) is 4.73. The Kier molecular flexibility index (Phi) is 7.03. The van der Waals surface area contributed by atoms with E-state index >= 15 is 0 Å². The first-order valence-corrected chi connectivity index (χ1v) is 12.5. The smallest absolute Gasteiger partial charge is 0.0480 e. The molecule has 0 aliphatic heterocycles. The molecule has 27 heavy (non-hydrogen) atoms. The lowest BCUT2D eigenvalue weighted by molar-refractivity contribution is 0.337. The Morgan fingerprint density at radius 3 is 2.33 bits per heavy atom. The van der Waals surface area contributed by atoms with Crippen LogP contribution in [-0.4, -0.2) is 0 Å². The second kappa shape index (κ2) is 9.09. The first-order chi connectivity index (χ1) is 13.0. The van der Waals surface area contributed by atoms with Crippen LogP contribution in [0.2, 0.25) is 0 Å². The lowest BCUT2D eigenvalue weighted by atomic mass is 9.78. The van der Waals surface area contributed by atoms with Crippen LogP contribution in [-0.2, 0) is 12.8 Å². The van der Waals surface area contributed by atoms with Crippen molar-refractivity contribution in [3.63, 3.8) is 0 Å². The molecular weight excluding hydrogens is 364 g/mol. The average Bonchev–Trinajstić information content (AvgIpc) is 3.28. The van der Waals surface area contributed by atoms with Gasteiger partial charge in [-0.25, -0.2) is 0 Å². The van der Waals surface area contributed by atoms with E-state index in [0.29, 0.717) is 5.92 Å². The normalized spacial score (nSPS) is 21.2. The van der Waals surface area contributed by atoms with Gasteiger partial charge in [-0.3, -0.25) is 0 Å². The summed E-state index contributed by atoms with van der Waals surface area (Å²) < 4.78 is 0. The van der Waals surface area contributed by atoms with Crippen molar-refractivity contribution < 1.29 is 0 Å². The number of hydrogen-bond donors (Lipinski definition) is 0. The minimum absolute atomic E-state index is 0.591. The summed E-state index contributed by atoms with van der Waals surface area (Å²) in [7, 11) is 0. The van der Waals surface area contributed by atoms with Crippen LogP contribution >= 0.6 is 22.7 Å². The largest absolute Gasteiger partial charge is 0.139 e. The maximum absolute atomic E-state index is 2.51. The van der Waals surface area contributed by atoms with Crippen LogP contribution in [0.15, 0.2) is 18.2 Å². The van der Waals surface area contributed by atoms with Crippen LogP contribution in [0.1, 0.15) is 94.0 Å². The minimum atomic E-state index is 0.591. The summed E-state index contributed by atoms with van der Waals surface area (Å²) in [5.74, 6) is 2.27. The maximum Gasteiger partial charge on any atom is 0.0480 e. The fraction of sp³-hybridized carbons (Fsp3) is 0.600. The van der Waals surface area contributed by atoms with Crippen molar-refractivity contribution in [2.24, 2.45) is 11.8 Å². The van der Waals surface area contributed by atoms with E-state index in [1.54, 1.807) is 21.6 Å². The molecule has 2 aromatic rings. The van der Waals surface area contributed by atoms with E-state index in [2.05, 4.69) is 71.1 Å². The van der Waals surface area contributed by atoms with Gasteiger partial charge < -0.3 is 0 Å². The van der Waals surface area contributed by atoms with E-state index < -0.39 is 0 Å². The van der Waals surface area contributed by atoms with E-state index in [9.17, 15) is 0 Å². The number of hydrogen-bond acceptors (Lipinski definition) is 2. The molecule has 1 fully saturated rings. The zero-order chi connectivity index (χ0) is 19.6. The van der Waals surface area contributed by atoms with Gasteiger partial charge in [0.15, 0.2) is 0 Å². The van der Waals surface area contributed by atoms with Crippen LogP contribution in [0.3, 0.4) is 0 Å². The average molecular weight is 401 g/mol. The Bertz CT molecular complexity index is 779. The molecule has 1 aliphatic carbocycles. The molecular formula is C25H36S2. The van der Waals surface area contributed by atoms with E-state index in [1.807, 2.05) is 11.3 Å². The zero-order valence-electron chi connectivity index (χ0n) is 18.0. The van der Waals surface area contributed by atoms with E-state index in [1.165, 1.54) is 40.3 Å². The standard InChI is InChI=1S/C25H36S2/c1-7-18-14-23(25-22(16(4)5)15-20(8-2)26-25)27-24(18)21(9-3)19-12-10-17(6)11-13-19/h9,14-17,19H,7-8,10-13H2,1-6H3/b21-9+. The first-order valence-electron chi connectivity index (χ1n) is 10.9. The molecule has 1 saturated carbocycles. The van der Waals surface area contributed by atoms with Crippen LogP contribution in [0, 0.1) is 11.8 Å². The van der Waals surface area contributed by atoms with Crippen molar-refractivity contribution in [3.05, 3.63) is 39.1 Å². The van der Waals surface area contributed by atoms with Gasteiger partial charge in [0, 0.05) is 19.5 Å². The molecule has 2 aromatic heterocycles. The highest BCUT2D eigenvalue weighted by atomic mass is 32.1. The van der Waals surface area contributed by atoms with Crippen molar-refractivity contribution in [2.45, 2.75) is 86.0 Å². The molecule has 0 bridgehead atoms. The van der Waals surface area contributed by atoms with E-state index in [-0.39, 0.29) is 0 Å². The van der Waals surface area contributed by atoms with Crippen LogP contribution in [0.5, 0.6) is 0 Å². The van der Waals surface area contributed by atoms with Crippen molar-refractivity contribution in [3.8, 4) is 9.75 Å². The molecule has 0 aromatic carbocycles. The van der Waals surface area contributed by atoms with Crippen molar-refractivity contribution in [1.82, 2.24) is 0 Å². The maximum atomic E-state index is 2.51. The third-order valence-electron chi connectivity index (χ3n) is 6.22. The molecule has 0 saturated heterocycles. The highest BCUT2D eigenvalue weighted by molar-refractivity contribution is 7.22. The van der Waals surface area contributed by atoms with Gasteiger partial charge in [0.05, 0.1) is 0 Å². The predicted molar refractivity (Wildman–Crippen MR) is 125 cm³/mol. The molecule has 0 atom stereocenters. The number of aryl methyl sites for hydroxylation is 2. The molecule has 0 amide bonds. The second-order valence-corrected chi connectivity index (χ2v) is 10.7.